The molecule has 0 aromatic heterocycles. The lowest BCUT2D eigenvalue weighted by atomic mass is 9.71. The molecule has 0 unspecified atom stereocenters. The lowest BCUT2D eigenvalue weighted by Crippen LogP contribution is -2.58. The van der Waals surface area contributed by atoms with Gasteiger partial charge in [0.1, 0.15) is 29.8 Å². The lowest BCUT2D eigenvalue weighted by Gasteiger charge is -2.50. The van der Waals surface area contributed by atoms with Crippen LogP contribution in [-0.4, -0.2) is 76.4 Å². The molecule has 1 spiro atoms. The Morgan fingerprint density at radius 2 is 1.98 bits per heavy atom. The van der Waals surface area contributed by atoms with Gasteiger partial charge in [-0.25, -0.2) is 0 Å². The zero-order chi connectivity index (χ0) is 28.7. The third-order valence-electron chi connectivity index (χ3n) is 9.54. The van der Waals surface area contributed by atoms with Crippen LogP contribution in [0.3, 0.4) is 0 Å². The zero-order valence-electron chi connectivity index (χ0n) is 24.3. The summed E-state index contributed by atoms with van der Waals surface area (Å²) in [5.41, 5.74) is 0.684. The molecule has 222 valence electrons. The second-order valence-electron chi connectivity index (χ2n) is 12.6. The summed E-state index contributed by atoms with van der Waals surface area (Å²) in [4.78, 5) is 13.9. The van der Waals surface area contributed by atoms with Crippen LogP contribution in [0.5, 0.6) is 0 Å². The predicted octanol–water partition coefficient (Wildman–Crippen LogP) is 3.90. The van der Waals surface area contributed by atoms with Crippen molar-refractivity contribution in [2.75, 3.05) is 13.2 Å². The summed E-state index contributed by atoms with van der Waals surface area (Å²) in [7, 11) is 0. The van der Waals surface area contributed by atoms with Gasteiger partial charge in [-0.3, -0.25) is 4.79 Å². The van der Waals surface area contributed by atoms with Crippen molar-refractivity contribution in [3.63, 3.8) is 0 Å². The summed E-state index contributed by atoms with van der Waals surface area (Å²) in [6, 6.07) is 0. The third-order valence-corrected chi connectivity index (χ3v) is 9.54. The number of hydrogen-bond acceptors (Lipinski definition) is 8. The summed E-state index contributed by atoms with van der Waals surface area (Å²) < 4.78 is 25.3. The molecule has 10 atom stereocenters. The summed E-state index contributed by atoms with van der Waals surface area (Å²) in [6.45, 7) is 8.27. The molecule has 4 aliphatic heterocycles. The maximum atomic E-state index is 13.9. The molecule has 0 amide bonds. The van der Waals surface area contributed by atoms with E-state index in [1.165, 1.54) is 5.57 Å². The van der Waals surface area contributed by atoms with Crippen molar-refractivity contribution in [3.05, 3.63) is 47.1 Å². The van der Waals surface area contributed by atoms with Gasteiger partial charge in [0, 0.05) is 31.8 Å². The molecule has 0 radical (unpaired) electrons. The Kier molecular flexibility index (Phi) is 8.77. The standard InChI is InChI=1S/C32H46O8/c1-5-27-22(17-33)11-12-31(40-27)16-25-15-24(39-31)10-9-20(3)13-19(2)7-6-8-23-18-37-29-28(34)21(4)14-26(30(35)38-25)32(23,29)36/h6-9,14,19,22,24-29,33-34,36H,5,10-13,15-18H2,1-4H3/b7-6+,20-9+,23-8+/t19-,22+,24+,25-,26-,27+,28+,29+,31+,32+/m0/s1. The first-order valence-electron chi connectivity index (χ1n) is 15.0. The van der Waals surface area contributed by atoms with E-state index in [2.05, 4.69) is 26.0 Å². The molecule has 0 saturated carbocycles. The molecule has 2 bridgehead atoms. The van der Waals surface area contributed by atoms with Crippen molar-refractivity contribution >= 4 is 5.97 Å². The van der Waals surface area contributed by atoms with E-state index < -0.39 is 41.6 Å². The van der Waals surface area contributed by atoms with Crippen molar-refractivity contribution < 1.29 is 39.1 Å². The van der Waals surface area contributed by atoms with Crippen LogP contribution in [0.25, 0.3) is 0 Å². The van der Waals surface area contributed by atoms with Gasteiger partial charge in [0.2, 0.25) is 0 Å². The van der Waals surface area contributed by atoms with Gasteiger partial charge >= 0.3 is 5.97 Å². The summed E-state index contributed by atoms with van der Waals surface area (Å²) in [5, 5.41) is 32.8. The molecule has 3 saturated heterocycles. The Bertz CT molecular complexity index is 1080. The van der Waals surface area contributed by atoms with Gasteiger partial charge in [-0.1, -0.05) is 49.8 Å². The molecular formula is C32H46O8. The Morgan fingerprint density at radius 3 is 2.73 bits per heavy atom. The zero-order valence-corrected chi connectivity index (χ0v) is 24.3. The van der Waals surface area contributed by atoms with Gasteiger partial charge in [-0.2, -0.15) is 0 Å². The fraction of sp³-hybridized carbons (Fsp3) is 0.719. The fourth-order valence-corrected chi connectivity index (χ4v) is 7.30. The van der Waals surface area contributed by atoms with Crippen LogP contribution in [0.1, 0.15) is 72.6 Å². The van der Waals surface area contributed by atoms with Gasteiger partial charge in [0.15, 0.2) is 5.79 Å². The average Bonchev–Trinajstić information content (AvgIpc) is 3.25. The molecule has 5 aliphatic rings. The van der Waals surface area contributed by atoms with E-state index in [4.69, 9.17) is 18.9 Å². The minimum absolute atomic E-state index is 0.0587. The van der Waals surface area contributed by atoms with E-state index in [-0.39, 0.29) is 37.3 Å². The second kappa shape index (κ2) is 11.8. The lowest BCUT2D eigenvalue weighted by molar-refractivity contribution is -0.337. The molecule has 8 heteroatoms. The molecule has 3 fully saturated rings. The largest absolute Gasteiger partial charge is 0.462 e. The number of allylic oxidation sites excluding steroid dienone is 4. The second-order valence-corrected chi connectivity index (χ2v) is 12.6. The van der Waals surface area contributed by atoms with E-state index in [1.54, 1.807) is 13.0 Å². The first-order valence-corrected chi connectivity index (χ1v) is 15.0. The molecule has 5 rings (SSSR count). The van der Waals surface area contributed by atoms with E-state index >= 15 is 0 Å². The van der Waals surface area contributed by atoms with Crippen molar-refractivity contribution in [1.82, 2.24) is 0 Å². The first kappa shape index (κ1) is 29.7. The van der Waals surface area contributed by atoms with Crippen LogP contribution in [0.4, 0.5) is 0 Å². The monoisotopic (exact) mass is 558 g/mol. The SMILES string of the molecule is CC[C@H]1O[C@]2(CC[C@@H]1CO)C[C@@H]1C[C@@H](C/C=C(\C)C[C@@H](C)/C=C/C=C3\CO[C@@H]4[C@H](O)C(C)=C[C@@H](C(=O)O1)[C@]34O)O2. The summed E-state index contributed by atoms with van der Waals surface area (Å²) in [6.07, 6.45) is 11.5. The molecule has 8 nitrogen and oxygen atoms in total. The Balaban J connectivity index is 1.50. The normalized spacial score (nSPS) is 47.8. The van der Waals surface area contributed by atoms with Gasteiger partial charge in [0.05, 0.1) is 18.8 Å². The van der Waals surface area contributed by atoms with Crippen LogP contribution >= 0.6 is 0 Å². The van der Waals surface area contributed by atoms with E-state index in [9.17, 15) is 20.1 Å². The van der Waals surface area contributed by atoms with Crippen molar-refractivity contribution in [3.8, 4) is 0 Å². The van der Waals surface area contributed by atoms with Gasteiger partial charge < -0.3 is 34.3 Å². The Morgan fingerprint density at radius 1 is 1.18 bits per heavy atom. The van der Waals surface area contributed by atoms with Crippen LogP contribution < -0.4 is 0 Å². The number of ether oxygens (including phenoxy) is 4. The molecule has 40 heavy (non-hydrogen) atoms. The van der Waals surface area contributed by atoms with Gasteiger partial charge in [-0.15, -0.1) is 0 Å². The molecule has 0 aromatic rings. The van der Waals surface area contributed by atoms with Crippen LogP contribution in [0.15, 0.2) is 47.1 Å². The number of rotatable bonds is 2. The fourth-order valence-electron chi connectivity index (χ4n) is 7.30. The average molecular weight is 559 g/mol. The quantitative estimate of drug-likeness (QED) is 0.346. The van der Waals surface area contributed by atoms with Gasteiger partial charge in [-0.05, 0) is 56.6 Å². The first-order chi connectivity index (χ1) is 19.1. The molecule has 1 aliphatic carbocycles. The van der Waals surface area contributed by atoms with Crippen molar-refractivity contribution in [1.29, 1.82) is 0 Å². The van der Waals surface area contributed by atoms with E-state index in [0.29, 0.717) is 36.8 Å². The molecular weight excluding hydrogens is 512 g/mol. The molecule has 3 N–H and O–H groups in total. The van der Waals surface area contributed by atoms with E-state index in [1.807, 2.05) is 19.1 Å². The minimum atomic E-state index is -1.71. The molecule has 4 heterocycles. The van der Waals surface area contributed by atoms with Crippen LogP contribution in [0.2, 0.25) is 0 Å². The number of carbonyl (C=O) groups excluding carboxylic acids is 1. The number of fused-ring (bicyclic) bond motifs is 2. The van der Waals surface area contributed by atoms with E-state index in [0.717, 1.165) is 19.3 Å². The summed E-state index contributed by atoms with van der Waals surface area (Å²) >= 11 is 0. The van der Waals surface area contributed by atoms with Crippen LogP contribution in [-0.2, 0) is 23.7 Å². The van der Waals surface area contributed by atoms with Crippen molar-refractivity contribution in [2.45, 2.75) is 115 Å². The topological polar surface area (TPSA) is 115 Å². The van der Waals surface area contributed by atoms with Gasteiger partial charge in [0.25, 0.3) is 0 Å². The molecule has 0 aromatic carbocycles. The highest BCUT2D eigenvalue weighted by molar-refractivity contribution is 5.78. The Labute approximate surface area is 237 Å². The number of carbonyl (C=O) groups is 1. The third kappa shape index (κ3) is 5.63. The highest BCUT2D eigenvalue weighted by Crippen LogP contribution is 2.47. The highest BCUT2D eigenvalue weighted by Gasteiger charge is 2.60. The number of aliphatic hydroxyl groups is 3. The summed E-state index contributed by atoms with van der Waals surface area (Å²) in [5.74, 6) is -2.12. The van der Waals surface area contributed by atoms with Crippen LogP contribution in [0, 0.1) is 17.8 Å². The number of hydrogen-bond donors (Lipinski definition) is 3. The Hall–Kier alpha value is -1.81. The minimum Gasteiger partial charge on any atom is -0.462 e. The highest BCUT2D eigenvalue weighted by atomic mass is 16.7. The number of aliphatic hydroxyl groups excluding tert-OH is 2. The maximum Gasteiger partial charge on any atom is 0.316 e. The smallest absolute Gasteiger partial charge is 0.316 e. The number of esters is 1. The maximum absolute atomic E-state index is 13.9. The predicted molar refractivity (Wildman–Crippen MR) is 149 cm³/mol. The van der Waals surface area contributed by atoms with Crippen molar-refractivity contribution in [2.24, 2.45) is 17.8 Å².